The van der Waals surface area contributed by atoms with Crippen molar-refractivity contribution < 1.29 is 22.8 Å². The van der Waals surface area contributed by atoms with Crippen LogP contribution in [0.3, 0.4) is 0 Å². The lowest BCUT2D eigenvalue weighted by molar-refractivity contribution is -0.275. The second-order valence-electron chi connectivity index (χ2n) is 7.87. The first-order valence-corrected chi connectivity index (χ1v) is 11.6. The van der Waals surface area contributed by atoms with E-state index in [4.69, 9.17) is 28.0 Å². The normalized spacial score (nSPS) is 20.6. The van der Waals surface area contributed by atoms with Crippen molar-refractivity contribution in [1.29, 1.82) is 0 Å². The number of rotatable bonds is 6. The van der Waals surface area contributed by atoms with Crippen molar-refractivity contribution in [2.45, 2.75) is 42.9 Å². The number of amides is 1. The van der Waals surface area contributed by atoms with Crippen LogP contribution in [0.4, 0.5) is 13.2 Å². The Kier molecular flexibility index (Phi) is 6.40. The summed E-state index contributed by atoms with van der Waals surface area (Å²) in [5, 5.41) is 6.83. The van der Waals surface area contributed by atoms with Crippen molar-refractivity contribution >= 4 is 46.6 Å². The number of oxime groups is 1. The zero-order chi connectivity index (χ0) is 23.1. The van der Waals surface area contributed by atoms with Crippen LogP contribution < -0.4 is 5.32 Å². The highest BCUT2D eigenvalue weighted by Gasteiger charge is 2.62. The average molecular weight is 503 g/mol. The number of nitrogens with one attached hydrogen (secondary N) is 1. The number of nitrogens with zero attached hydrogens (tertiary/aromatic N) is 1. The molecule has 1 heterocycles. The van der Waals surface area contributed by atoms with Gasteiger partial charge in [0.25, 0.3) is 5.60 Å². The Bertz CT molecular complexity index is 1070. The molecule has 2 aromatic carbocycles. The van der Waals surface area contributed by atoms with Crippen LogP contribution in [0.2, 0.25) is 10.0 Å². The lowest BCUT2D eigenvalue weighted by Crippen LogP contribution is -2.42. The number of carbonyl (C=O) groups is 1. The molecule has 0 bridgehead atoms. The van der Waals surface area contributed by atoms with Crippen LogP contribution in [0.15, 0.2) is 46.4 Å². The summed E-state index contributed by atoms with van der Waals surface area (Å²) >= 11 is 13.3. The van der Waals surface area contributed by atoms with Gasteiger partial charge in [-0.3, -0.25) is 4.79 Å². The van der Waals surface area contributed by atoms with Crippen molar-refractivity contribution in [3.05, 3.63) is 63.1 Å². The molecule has 1 unspecified atom stereocenters. The third-order valence-electron chi connectivity index (χ3n) is 5.45. The van der Waals surface area contributed by atoms with Crippen molar-refractivity contribution in [1.82, 2.24) is 5.32 Å². The molecule has 4 rings (SSSR count). The van der Waals surface area contributed by atoms with Gasteiger partial charge in [-0.1, -0.05) is 34.4 Å². The monoisotopic (exact) mass is 502 g/mol. The molecule has 0 saturated heterocycles. The molecule has 0 radical (unpaired) electrons. The van der Waals surface area contributed by atoms with Gasteiger partial charge < -0.3 is 10.2 Å². The Morgan fingerprint density at radius 1 is 1.22 bits per heavy atom. The number of aryl methyl sites for hydroxylation is 1. The first-order valence-electron chi connectivity index (χ1n) is 9.89. The molecule has 1 N–H and O–H groups in total. The van der Waals surface area contributed by atoms with E-state index in [1.807, 2.05) is 13.0 Å². The minimum atomic E-state index is -4.74. The van der Waals surface area contributed by atoms with Gasteiger partial charge in [0.05, 0.1) is 11.6 Å². The Balaban J connectivity index is 1.51. The number of carbonyl (C=O) groups excluding carboxylic acids is 1. The number of hydrogen-bond donors (Lipinski definition) is 1. The van der Waals surface area contributed by atoms with Crippen LogP contribution in [0.1, 0.15) is 36.0 Å². The molecule has 10 heteroatoms. The van der Waals surface area contributed by atoms with E-state index in [0.717, 1.165) is 23.3 Å². The Hall–Kier alpha value is -1.90. The highest BCUT2D eigenvalue weighted by molar-refractivity contribution is 7.99. The summed E-state index contributed by atoms with van der Waals surface area (Å²) in [6.45, 7) is 1.86. The fraction of sp³-hybridized carbons (Fsp3) is 0.364. The maximum atomic E-state index is 14.1. The van der Waals surface area contributed by atoms with Gasteiger partial charge in [0.15, 0.2) is 0 Å². The van der Waals surface area contributed by atoms with E-state index < -0.39 is 18.2 Å². The predicted octanol–water partition coefficient (Wildman–Crippen LogP) is 6.46. The lowest BCUT2D eigenvalue weighted by atomic mass is 9.86. The first kappa shape index (κ1) is 23.3. The summed E-state index contributed by atoms with van der Waals surface area (Å²) < 4.78 is 42.4. The van der Waals surface area contributed by atoms with Crippen LogP contribution in [0, 0.1) is 12.8 Å². The minimum Gasteiger partial charge on any atom is -0.374 e. The van der Waals surface area contributed by atoms with Gasteiger partial charge in [0.1, 0.15) is 0 Å². The zero-order valence-corrected chi connectivity index (χ0v) is 19.3. The van der Waals surface area contributed by atoms with E-state index in [1.165, 1.54) is 30.0 Å². The number of hydrogen-bond acceptors (Lipinski definition) is 4. The Labute approximate surface area is 197 Å². The molecular weight excluding hydrogens is 484 g/mol. The molecule has 4 nitrogen and oxygen atoms in total. The molecular formula is C22H19Cl2F3N2O2S. The quantitative estimate of drug-likeness (QED) is 0.364. The van der Waals surface area contributed by atoms with Gasteiger partial charge >= 0.3 is 6.18 Å². The van der Waals surface area contributed by atoms with Gasteiger partial charge in [-0.25, -0.2) is 0 Å². The predicted molar refractivity (Wildman–Crippen MR) is 119 cm³/mol. The van der Waals surface area contributed by atoms with Crippen molar-refractivity contribution in [2.75, 3.05) is 5.88 Å². The molecule has 1 aliphatic carbocycles. The summed E-state index contributed by atoms with van der Waals surface area (Å²) in [6.07, 6.45) is -3.36. The lowest BCUT2D eigenvalue weighted by Gasteiger charge is -2.29. The van der Waals surface area contributed by atoms with Crippen LogP contribution >= 0.6 is 35.0 Å². The molecule has 0 spiro atoms. The third-order valence-corrected chi connectivity index (χ3v) is 6.94. The maximum Gasteiger partial charge on any atom is 0.435 e. The fourth-order valence-corrected chi connectivity index (χ4v) is 4.86. The molecule has 1 atom stereocenters. The largest absolute Gasteiger partial charge is 0.435 e. The fourth-order valence-electron chi connectivity index (χ4n) is 3.51. The van der Waals surface area contributed by atoms with E-state index in [1.54, 1.807) is 12.1 Å². The van der Waals surface area contributed by atoms with Crippen LogP contribution in [-0.2, 0) is 15.2 Å². The topological polar surface area (TPSA) is 50.7 Å². The standard InChI is InChI=1S/C22H19Cl2F3N2O2S/c1-12-6-14(4-5-19(12)32-11-28-20(30)13-2-3-13)18-10-21(31-29-18,22(25,26)27)15-7-16(23)9-17(24)8-15/h4-9,13H,2-3,10-11H2,1H3,(H,28,30). The highest BCUT2D eigenvalue weighted by atomic mass is 35.5. The summed E-state index contributed by atoms with van der Waals surface area (Å²) in [5.74, 6) is 0.642. The summed E-state index contributed by atoms with van der Waals surface area (Å²) in [5.41, 5.74) is -1.28. The maximum absolute atomic E-state index is 14.1. The van der Waals surface area contributed by atoms with Gasteiger partial charge in [0, 0.05) is 32.8 Å². The smallest absolute Gasteiger partial charge is 0.374 e. The first-order chi connectivity index (χ1) is 15.1. The summed E-state index contributed by atoms with van der Waals surface area (Å²) in [4.78, 5) is 17.7. The van der Waals surface area contributed by atoms with Gasteiger partial charge in [-0.15, -0.1) is 11.8 Å². The molecule has 0 aromatic heterocycles. The van der Waals surface area contributed by atoms with E-state index >= 15 is 0 Å². The second kappa shape index (κ2) is 8.80. The summed E-state index contributed by atoms with van der Waals surface area (Å²) in [6, 6.07) is 9.04. The number of benzene rings is 2. The van der Waals surface area contributed by atoms with Gasteiger partial charge in [-0.05, 0) is 61.2 Å². The molecule has 2 aromatic rings. The molecule has 1 saturated carbocycles. The van der Waals surface area contributed by atoms with Crippen LogP contribution in [0.5, 0.6) is 0 Å². The number of thioether (sulfide) groups is 1. The average Bonchev–Trinajstić information content (AvgIpc) is 3.45. The molecule has 2 aliphatic rings. The second-order valence-corrected chi connectivity index (χ2v) is 9.76. The Morgan fingerprint density at radius 3 is 2.50 bits per heavy atom. The minimum absolute atomic E-state index is 0.0637. The van der Waals surface area contributed by atoms with E-state index in [9.17, 15) is 18.0 Å². The van der Waals surface area contributed by atoms with E-state index in [-0.39, 0.29) is 33.1 Å². The number of halogens is 5. The van der Waals surface area contributed by atoms with Crippen molar-refractivity contribution in [3.8, 4) is 0 Å². The zero-order valence-electron chi connectivity index (χ0n) is 16.9. The van der Waals surface area contributed by atoms with Crippen LogP contribution in [0.25, 0.3) is 0 Å². The molecule has 1 fully saturated rings. The van der Waals surface area contributed by atoms with Gasteiger partial charge in [0.2, 0.25) is 5.91 Å². The van der Waals surface area contributed by atoms with Gasteiger partial charge in [-0.2, -0.15) is 13.2 Å². The number of alkyl halides is 3. The van der Waals surface area contributed by atoms with Crippen molar-refractivity contribution in [3.63, 3.8) is 0 Å². The SMILES string of the molecule is Cc1cc(C2=NOC(c3cc(Cl)cc(Cl)c3)(C(F)(F)F)C2)ccc1SCNC(=O)C1CC1. The van der Waals surface area contributed by atoms with E-state index in [0.29, 0.717) is 11.4 Å². The van der Waals surface area contributed by atoms with E-state index in [2.05, 4.69) is 10.5 Å². The molecule has 1 aliphatic heterocycles. The summed E-state index contributed by atoms with van der Waals surface area (Å²) in [7, 11) is 0. The highest BCUT2D eigenvalue weighted by Crippen LogP contribution is 2.49. The van der Waals surface area contributed by atoms with Crippen LogP contribution in [-0.4, -0.2) is 23.7 Å². The molecule has 170 valence electrons. The third kappa shape index (κ3) is 4.72. The van der Waals surface area contributed by atoms with Crippen molar-refractivity contribution in [2.24, 2.45) is 11.1 Å². The Morgan fingerprint density at radius 2 is 1.91 bits per heavy atom. The molecule has 32 heavy (non-hydrogen) atoms. The molecule has 1 amide bonds.